The Hall–Kier alpha value is -2.00. The Bertz CT molecular complexity index is 569. The van der Waals surface area contributed by atoms with Gasteiger partial charge in [0.05, 0.1) is 18.9 Å². The summed E-state index contributed by atoms with van der Waals surface area (Å²) < 4.78 is 5.08. The Morgan fingerprint density at radius 3 is 2.43 bits per heavy atom. The predicted octanol–water partition coefficient (Wildman–Crippen LogP) is 3.33. The summed E-state index contributed by atoms with van der Waals surface area (Å²) in [5, 5.41) is 2.64. The van der Waals surface area contributed by atoms with Gasteiger partial charge in [-0.25, -0.2) is 0 Å². The number of alkyl halides is 1. The van der Waals surface area contributed by atoms with E-state index >= 15 is 0 Å². The number of hydrogen-bond donors (Lipinski definition) is 1. The minimum Gasteiger partial charge on any atom is -0.497 e. The van der Waals surface area contributed by atoms with Crippen molar-refractivity contribution in [1.82, 2.24) is 5.32 Å². The Labute approximate surface area is 129 Å². The molecule has 0 spiro atoms. The number of hydrogen-bond acceptors (Lipinski definition) is 2. The highest BCUT2D eigenvalue weighted by atomic mass is 35.5. The molecule has 110 valence electrons. The summed E-state index contributed by atoms with van der Waals surface area (Å²) in [5.41, 5.74) is 1.95. The number of benzene rings is 2. The van der Waals surface area contributed by atoms with Gasteiger partial charge in [0.1, 0.15) is 5.75 Å². The number of amides is 1. The zero-order valence-corrected chi connectivity index (χ0v) is 12.6. The standard InChI is InChI=1S/C17H18ClNO2/c1-21-15-9-7-13(8-10-15)11-17(20)19-12-16(18)14-5-3-2-4-6-14/h2-10,16H,11-12H2,1H3,(H,19,20). The highest BCUT2D eigenvalue weighted by molar-refractivity contribution is 6.21. The van der Waals surface area contributed by atoms with Gasteiger partial charge in [-0.3, -0.25) is 4.79 Å². The molecule has 0 aliphatic rings. The molecule has 0 saturated heterocycles. The second kappa shape index (κ2) is 7.70. The lowest BCUT2D eigenvalue weighted by atomic mass is 10.1. The van der Waals surface area contributed by atoms with E-state index in [9.17, 15) is 4.79 Å². The first kappa shape index (κ1) is 15.4. The van der Waals surface area contributed by atoms with Gasteiger partial charge in [0, 0.05) is 6.54 Å². The molecule has 1 unspecified atom stereocenters. The third-order valence-corrected chi connectivity index (χ3v) is 3.57. The molecule has 2 aromatic carbocycles. The fraction of sp³-hybridized carbons (Fsp3) is 0.235. The molecule has 0 aromatic heterocycles. The number of nitrogens with one attached hydrogen (secondary N) is 1. The van der Waals surface area contributed by atoms with E-state index in [0.717, 1.165) is 16.9 Å². The number of carbonyl (C=O) groups is 1. The second-order valence-corrected chi connectivity index (χ2v) is 5.23. The summed E-state index contributed by atoms with van der Waals surface area (Å²) in [4.78, 5) is 11.9. The summed E-state index contributed by atoms with van der Waals surface area (Å²) in [6.45, 7) is 0.417. The van der Waals surface area contributed by atoms with Crippen molar-refractivity contribution in [3.63, 3.8) is 0 Å². The molecule has 2 aromatic rings. The van der Waals surface area contributed by atoms with E-state index in [4.69, 9.17) is 16.3 Å². The first-order valence-corrected chi connectivity index (χ1v) is 7.21. The molecule has 1 N–H and O–H groups in total. The lowest BCUT2D eigenvalue weighted by Gasteiger charge is -2.11. The molecule has 0 heterocycles. The molecule has 0 aliphatic heterocycles. The molecule has 1 amide bonds. The largest absolute Gasteiger partial charge is 0.497 e. The van der Waals surface area contributed by atoms with Crippen LogP contribution in [0.3, 0.4) is 0 Å². The van der Waals surface area contributed by atoms with Crippen molar-refractivity contribution in [1.29, 1.82) is 0 Å². The molecular weight excluding hydrogens is 286 g/mol. The van der Waals surface area contributed by atoms with Gasteiger partial charge < -0.3 is 10.1 Å². The van der Waals surface area contributed by atoms with Crippen LogP contribution in [-0.2, 0) is 11.2 Å². The molecule has 0 saturated carbocycles. The number of rotatable bonds is 6. The van der Waals surface area contributed by atoms with Crippen LogP contribution in [0.15, 0.2) is 54.6 Å². The summed E-state index contributed by atoms with van der Waals surface area (Å²) >= 11 is 6.26. The lowest BCUT2D eigenvalue weighted by molar-refractivity contribution is -0.120. The van der Waals surface area contributed by atoms with Crippen LogP contribution in [0.5, 0.6) is 5.75 Å². The summed E-state index contributed by atoms with van der Waals surface area (Å²) in [5.74, 6) is 0.741. The monoisotopic (exact) mass is 303 g/mol. The molecule has 4 heteroatoms. The number of ether oxygens (including phenoxy) is 1. The van der Waals surface area contributed by atoms with E-state index in [0.29, 0.717) is 13.0 Å². The predicted molar refractivity (Wildman–Crippen MR) is 84.7 cm³/mol. The van der Waals surface area contributed by atoms with Crippen LogP contribution in [0.25, 0.3) is 0 Å². The SMILES string of the molecule is COc1ccc(CC(=O)NCC(Cl)c2ccccc2)cc1. The first-order valence-electron chi connectivity index (χ1n) is 6.77. The third-order valence-electron chi connectivity index (χ3n) is 3.16. The molecule has 0 bridgehead atoms. The van der Waals surface area contributed by atoms with Gasteiger partial charge >= 0.3 is 0 Å². The summed E-state index contributed by atoms with van der Waals surface area (Å²) in [6.07, 6.45) is 0.336. The third kappa shape index (κ3) is 4.80. The van der Waals surface area contributed by atoms with Crippen molar-refractivity contribution in [3.05, 3.63) is 65.7 Å². The second-order valence-electron chi connectivity index (χ2n) is 4.71. The van der Waals surface area contributed by atoms with Crippen molar-refractivity contribution < 1.29 is 9.53 Å². The quantitative estimate of drug-likeness (QED) is 0.831. The average molecular weight is 304 g/mol. The normalized spacial score (nSPS) is 11.7. The Kier molecular flexibility index (Phi) is 5.64. The van der Waals surface area contributed by atoms with Crippen LogP contribution in [0, 0.1) is 0 Å². The van der Waals surface area contributed by atoms with E-state index in [2.05, 4.69) is 5.32 Å². The summed E-state index contributed by atoms with van der Waals surface area (Å²) in [7, 11) is 1.62. The van der Waals surface area contributed by atoms with Crippen molar-refractivity contribution >= 4 is 17.5 Å². The Morgan fingerprint density at radius 1 is 1.14 bits per heavy atom. The fourth-order valence-electron chi connectivity index (χ4n) is 1.97. The van der Waals surface area contributed by atoms with Gasteiger partial charge in [-0.2, -0.15) is 0 Å². The van der Waals surface area contributed by atoms with E-state index in [1.54, 1.807) is 7.11 Å². The molecule has 2 rings (SSSR count). The van der Waals surface area contributed by atoms with Crippen LogP contribution in [0.1, 0.15) is 16.5 Å². The molecule has 0 aliphatic carbocycles. The molecule has 0 radical (unpaired) electrons. The maximum absolute atomic E-state index is 11.9. The van der Waals surface area contributed by atoms with Crippen molar-refractivity contribution in [2.24, 2.45) is 0 Å². The maximum Gasteiger partial charge on any atom is 0.224 e. The van der Waals surface area contributed by atoms with Crippen molar-refractivity contribution in [3.8, 4) is 5.75 Å². The molecular formula is C17H18ClNO2. The van der Waals surface area contributed by atoms with E-state index in [1.807, 2.05) is 54.6 Å². The van der Waals surface area contributed by atoms with Crippen molar-refractivity contribution in [2.45, 2.75) is 11.8 Å². The zero-order valence-electron chi connectivity index (χ0n) is 11.9. The summed E-state index contributed by atoms with van der Waals surface area (Å²) in [6, 6.07) is 17.2. The minimum atomic E-state index is -0.217. The first-order chi connectivity index (χ1) is 10.2. The van der Waals surface area contributed by atoms with Crippen LogP contribution in [0.2, 0.25) is 0 Å². The van der Waals surface area contributed by atoms with Crippen molar-refractivity contribution in [2.75, 3.05) is 13.7 Å². The topological polar surface area (TPSA) is 38.3 Å². The average Bonchev–Trinajstić information content (AvgIpc) is 2.54. The molecule has 0 fully saturated rings. The number of methoxy groups -OCH3 is 1. The van der Waals surface area contributed by atoms with Crippen LogP contribution < -0.4 is 10.1 Å². The van der Waals surface area contributed by atoms with Gasteiger partial charge in [0.2, 0.25) is 5.91 Å². The Morgan fingerprint density at radius 2 is 1.81 bits per heavy atom. The molecule has 3 nitrogen and oxygen atoms in total. The van der Waals surface area contributed by atoms with E-state index in [-0.39, 0.29) is 11.3 Å². The number of halogens is 1. The highest BCUT2D eigenvalue weighted by Gasteiger charge is 2.09. The van der Waals surface area contributed by atoms with Gasteiger partial charge in [-0.1, -0.05) is 42.5 Å². The molecule has 1 atom stereocenters. The van der Waals surface area contributed by atoms with E-state index < -0.39 is 0 Å². The lowest BCUT2D eigenvalue weighted by Crippen LogP contribution is -2.28. The maximum atomic E-state index is 11.9. The highest BCUT2D eigenvalue weighted by Crippen LogP contribution is 2.18. The fourth-order valence-corrected chi connectivity index (χ4v) is 2.20. The van der Waals surface area contributed by atoms with Gasteiger partial charge in [0.15, 0.2) is 0 Å². The van der Waals surface area contributed by atoms with Crippen LogP contribution >= 0.6 is 11.6 Å². The van der Waals surface area contributed by atoms with Gasteiger partial charge in [0.25, 0.3) is 0 Å². The van der Waals surface area contributed by atoms with Gasteiger partial charge in [-0.05, 0) is 23.3 Å². The van der Waals surface area contributed by atoms with Crippen LogP contribution in [-0.4, -0.2) is 19.6 Å². The zero-order chi connectivity index (χ0) is 15.1. The van der Waals surface area contributed by atoms with Crippen LogP contribution in [0.4, 0.5) is 0 Å². The minimum absolute atomic E-state index is 0.0400. The van der Waals surface area contributed by atoms with Gasteiger partial charge in [-0.15, -0.1) is 11.6 Å². The Balaban J connectivity index is 1.81. The van der Waals surface area contributed by atoms with E-state index in [1.165, 1.54) is 0 Å². The number of carbonyl (C=O) groups excluding carboxylic acids is 1. The molecule has 21 heavy (non-hydrogen) atoms. The smallest absolute Gasteiger partial charge is 0.224 e.